The van der Waals surface area contributed by atoms with E-state index in [1.54, 1.807) is 61.5 Å². The van der Waals surface area contributed by atoms with Crippen LogP contribution in [0.4, 0.5) is 5.82 Å². The van der Waals surface area contributed by atoms with Crippen LogP contribution in [0.2, 0.25) is 5.02 Å². The Morgan fingerprint density at radius 2 is 1.79 bits per heavy atom. The van der Waals surface area contributed by atoms with Gasteiger partial charge in [-0.3, -0.25) is 14.5 Å². The number of hydrogen-bond acceptors (Lipinski definition) is 5. The minimum atomic E-state index is -0.858. The number of benzene rings is 2. The van der Waals surface area contributed by atoms with Gasteiger partial charge in [-0.25, -0.2) is 0 Å². The predicted molar refractivity (Wildman–Crippen MR) is 112 cm³/mol. The first kappa shape index (κ1) is 19.4. The normalized spacial score (nSPS) is 18.4. The van der Waals surface area contributed by atoms with Crippen molar-refractivity contribution in [3.8, 4) is 0 Å². The van der Waals surface area contributed by atoms with Crippen molar-refractivity contribution in [2.24, 2.45) is 0 Å². The van der Waals surface area contributed by atoms with Crippen molar-refractivity contribution in [1.82, 2.24) is 5.16 Å². The Labute approximate surface area is 179 Å². The van der Waals surface area contributed by atoms with E-state index in [-0.39, 0.29) is 17.2 Å². The number of aryl methyl sites for hydroxylation is 1. The molecule has 1 N–H and O–H groups in total. The summed E-state index contributed by atoms with van der Waals surface area (Å²) in [7, 11) is 0. The average Bonchev–Trinajstić information content (AvgIpc) is 3.24. The second-order valence-electron chi connectivity index (χ2n) is 6.52. The van der Waals surface area contributed by atoms with Crippen LogP contribution in [0.5, 0.6) is 0 Å². The molecule has 2 aromatic carbocycles. The number of rotatable bonds is 3. The highest BCUT2D eigenvalue weighted by atomic mass is 79.9. The number of Topliss-reactive ketones (excluding diaryl/α,β-unsaturated/α-hetero) is 1. The van der Waals surface area contributed by atoms with Gasteiger partial charge < -0.3 is 9.63 Å². The fourth-order valence-electron chi connectivity index (χ4n) is 3.26. The molecular weight excluding hydrogens is 460 g/mol. The van der Waals surface area contributed by atoms with Crippen LogP contribution < -0.4 is 4.90 Å². The fraction of sp³-hybridized carbons (Fsp3) is 0.0952. The quantitative estimate of drug-likeness (QED) is 0.328. The molecule has 1 aliphatic rings. The van der Waals surface area contributed by atoms with E-state index in [0.29, 0.717) is 21.9 Å². The van der Waals surface area contributed by atoms with Crippen molar-refractivity contribution in [3.05, 3.63) is 86.6 Å². The number of amides is 1. The molecule has 29 heavy (non-hydrogen) atoms. The van der Waals surface area contributed by atoms with Crippen molar-refractivity contribution in [3.63, 3.8) is 0 Å². The summed E-state index contributed by atoms with van der Waals surface area (Å²) in [4.78, 5) is 27.1. The first-order valence-corrected chi connectivity index (χ1v) is 9.79. The predicted octanol–water partition coefficient (Wildman–Crippen LogP) is 5.03. The number of halogens is 2. The minimum Gasteiger partial charge on any atom is -0.507 e. The second-order valence-corrected chi connectivity index (χ2v) is 7.88. The van der Waals surface area contributed by atoms with Crippen LogP contribution in [0.15, 0.2) is 69.2 Å². The maximum Gasteiger partial charge on any atom is 0.301 e. The van der Waals surface area contributed by atoms with Crippen molar-refractivity contribution in [2.45, 2.75) is 13.0 Å². The third kappa shape index (κ3) is 3.47. The number of anilines is 1. The van der Waals surface area contributed by atoms with E-state index in [2.05, 4.69) is 21.1 Å². The Hall–Kier alpha value is -2.90. The zero-order chi connectivity index (χ0) is 20.7. The van der Waals surface area contributed by atoms with Crippen LogP contribution in [-0.4, -0.2) is 22.0 Å². The SMILES string of the molecule is Cc1cc(N2C(=O)C(=O)C(=C(O)c3ccc(Cl)cc3)[C@@H]2c2ccc(Br)cc2)no1. The number of carbonyl (C=O) groups is 2. The Bertz CT molecular complexity index is 1140. The molecule has 1 amide bonds. The Kier molecular flexibility index (Phi) is 5.02. The third-order valence-electron chi connectivity index (χ3n) is 4.61. The highest BCUT2D eigenvalue weighted by Gasteiger charge is 2.48. The molecule has 1 aromatic heterocycles. The lowest BCUT2D eigenvalue weighted by molar-refractivity contribution is -0.132. The molecule has 1 atom stereocenters. The van der Waals surface area contributed by atoms with Gasteiger partial charge in [0.1, 0.15) is 11.5 Å². The summed E-state index contributed by atoms with van der Waals surface area (Å²) in [5, 5.41) is 15.3. The lowest BCUT2D eigenvalue weighted by atomic mass is 9.95. The maximum absolute atomic E-state index is 12.9. The highest BCUT2D eigenvalue weighted by molar-refractivity contribution is 9.10. The van der Waals surface area contributed by atoms with E-state index >= 15 is 0 Å². The largest absolute Gasteiger partial charge is 0.507 e. The minimum absolute atomic E-state index is 0.0275. The van der Waals surface area contributed by atoms with E-state index in [1.165, 1.54) is 4.90 Å². The van der Waals surface area contributed by atoms with Gasteiger partial charge in [-0.05, 0) is 48.9 Å². The molecular formula is C21H14BrClN2O4. The van der Waals surface area contributed by atoms with Gasteiger partial charge in [0.25, 0.3) is 5.78 Å². The van der Waals surface area contributed by atoms with Crippen molar-refractivity contribution in [1.29, 1.82) is 0 Å². The smallest absolute Gasteiger partial charge is 0.301 e. The van der Waals surface area contributed by atoms with Gasteiger partial charge >= 0.3 is 5.91 Å². The lowest BCUT2D eigenvalue weighted by Gasteiger charge is -2.22. The zero-order valence-corrected chi connectivity index (χ0v) is 17.4. The van der Waals surface area contributed by atoms with Crippen molar-refractivity contribution < 1.29 is 19.2 Å². The second kappa shape index (κ2) is 7.50. The molecule has 0 radical (unpaired) electrons. The van der Waals surface area contributed by atoms with Crippen molar-refractivity contribution in [2.75, 3.05) is 4.90 Å². The van der Waals surface area contributed by atoms with E-state index in [1.807, 2.05) is 0 Å². The fourth-order valence-corrected chi connectivity index (χ4v) is 3.65. The number of nitrogens with zero attached hydrogens (tertiary/aromatic N) is 2. The Morgan fingerprint density at radius 1 is 1.14 bits per heavy atom. The molecule has 4 rings (SSSR count). The monoisotopic (exact) mass is 472 g/mol. The summed E-state index contributed by atoms with van der Waals surface area (Å²) in [6.45, 7) is 1.69. The zero-order valence-electron chi connectivity index (χ0n) is 15.1. The summed E-state index contributed by atoms with van der Waals surface area (Å²) in [5.41, 5.74) is 0.995. The van der Waals surface area contributed by atoms with E-state index in [0.717, 1.165) is 4.47 Å². The number of aliphatic hydroxyl groups is 1. The van der Waals surface area contributed by atoms with Gasteiger partial charge in [-0.1, -0.05) is 44.8 Å². The van der Waals surface area contributed by atoms with Gasteiger partial charge in [-0.2, -0.15) is 0 Å². The van der Waals surface area contributed by atoms with Crippen LogP contribution in [0, 0.1) is 6.92 Å². The number of carbonyl (C=O) groups excluding carboxylic acids is 2. The van der Waals surface area contributed by atoms with Crippen LogP contribution >= 0.6 is 27.5 Å². The molecule has 1 fully saturated rings. The Balaban J connectivity index is 1.93. The van der Waals surface area contributed by atoms with Gasteiger partial charge in [0, 0.05) is 21.1 Å². The summed E-state index contributed by atoms with van der Waals surface area (Å²) >= 11 is 9.30. The van der Waals surface area contributed by atoms with E-state index < -0.39 is 17.7 Å². The third-order valence-corrected chi connectivity index (χ3v) is 5.39. The molecule has 1 saturated heterocycles. The number of aliphatic hydroxyl groups excluding tert-OH is 1. The molecule has 2 heterocycles. The van der Waals surface area contributed by atoms with E-state index in [9.17, 15) is 14.7 Å². The Morgan fingerprint density at radius 3 is 2.38 bits per heavy atom. The number of ketones is 1. The molecule has 0 saturated carbocycles. The van der Waals surface area contributed by atoms with E-state index in [4.69, 9.17) is 16.1 Å². The first-order chi connectivity index (χ1) is 13.9. The van der Waals surface area contributed by atoms with Gasteiger partial charge in [0.05, 0.1) is 11.6 Å². The molecule has 0 spiro atoms. The molecule has 1 aliphatic heterocycles. The van der Waals surface area contributed by atoms with Gasteiger partial charge in [-0.15, -0.1) is 0 Å². The van der Waals surface area contributed by atoms with Gasteiger partial charge in [0.2, 0.25) is 0 Å². The van der Waals surface area contributed by atoms with Crippen LogP contribution in [0.1, 0.15) is 22.9 Å². The summed E-state index contributed by atoms with van der Waals surface area (Å²) < 4.78 is 5.94. The molecule has 0 aliphatic carbocycles. The topological polar surface area (TPSA) is 83.6 Å². The summed E-state index contributed by atoms with van der Waals surface area (Å²) in [5.74, 6) is -1.18. The molecule has 8 heteroatoms. The van der Waals surface area contributed by atoms with Crippen molar-refractivity contribution >= 4 is 50.8 Å². The highest BCUT2D eigenvalue weighted by Crippen LogP contribution is 2.42. The summed E-state index contributed by atoms with van der Waals surface area (Å²) in [6, 6.07) is 14.2. The van der Waals surface area contributed by atoms with Gasteiger partial charge in [0.15, 0.2) is 5.82 Å². The average molecular weight is 474 g/mol. The molecule has 3 aromatic rings. The standard InChI is InChI=1S/C21H14BrClN2O4/c1-11-10-16(24-29-11)25-18(12-2-6-14(22)7-3-12)17(20(27)21(25)28)19(26)13-4-8-15(23)9-5-13/h2-10,18,26H,1H3/t18-/m0/s1. The maximum atomic E-state index is 12.9. The molecule has 146 valence electrons. The number of hydrogen-bond donors (Lipinski definition) is 1. The van der Waals surface area contributed by atoms with Crippen LogP contribution in [0.25, 0.3) is 5.76 Å². The summed E-state index contributed by atoms with van der Waals surface area (Å²) in [6.07, 6.45) is 0. The molecule has 6 nitrogen and oxygen atoms in total. The molecule has 0 unspecified atom stereocenters. The first-order valence-electron chi connectivity index (χ1n) is 8.62. The van der Waals surface area contributed by atoms with Crippen LogP contribution in [-0.2, 0) is 9.59 Å². The lowest BCUT2D eigenvalue weighted by Crippen LogP contribution is -2.29. The number of aromatic nitrogens is 1. The van der Waals surface area contributed by atoms with Crippen LogP contribution in [0.3, 0.4) is 0 Å². The molecule has 0 bridgehead atoms.